The molecule has 0 saturated carbocycles. The predicted molar refractivity (Wildman–Crippen MR) is 119 cm³/mol. The van der Waals surface area contributed by atoms with Crippen molar-refractivity contribution in [3.63, 3.8) is 0 Å². The van der Waals surface area contributed by atoms with E-state index < -0.39 is 0 Å². The standard InChI is InChI=1S/C21H34N8O/c1-21(2,3)17-15-26-18(30-17)16-27-19(22-4)23-9-6-10-28-11-13-29(14-12-28)20-24-7-5-8-25-20/h5,7-8,15H,6,9-14,16H2,1-4H3,(H2,22,23,27). The van der Waals surface area contributed by atoms with Gasteiger partial charge >= 0.3 is 0 Å². The number of aliphatic imine (C=N–C) groups is 1. The largest absolute Gasteiger partial charge is 0.443 e. The normalized spacial score (nSPS) is 16.0. The zero-order valence-corrected chi connectivity index (χ0v) is 18.6. The smallest absolute Gasteiger partial charge is 0.225 e. The number of nitrogens with one attached hydrogen (secondary N) is 2. The third-order valence-corrected chi connectivity index (χ3v) is 5.07. The zero-order chi connectivity index (χ0) is 21.4. The molecule has 3 heterocycles. The number of rotatable bonds is 7. The van der Waals surface area contributed by atoms with Gasteiger partial charge in [0, 0.05) is 57.6 Å². The molecule has 0 unspecified atom stereocenters. The molecule has 2 aromatic heterocycles. The Morgan fingerprint density at radius 1 is 1.10 bits per heavy atom. The molecule has 0 spiro atoms. The number of nitrogens with zero attached hydrogens (tertiary/aromatic N) is 6. The molecule has 0 bridgehead atoms. The summed E-state index contributed by atoms with van der Waals surface area (Å²) in [7, 11) is 1.77. The van der Waals surface area contributed by atoms with Crippen LogP contribution in [-0.2, 0) is 12.0 Å². The van der Waals surface area contributed by atoms with Gasteiger partial charge in [-0.3, -0.25) is 9.89 Å². The second-order valence-electron chi connectivity index (χ2n) is 8.45. The number of oxazole rings is 1. The highest BCUT2D eigenvalue weighted by molar-refractivity contribution is 5.79. The van der Waals surface area contributed by atoms with E-state index in [9.17, 15) is 0 Å². The van der Waals surface area contributed by atoms with Crippen molar-refractivity contribution in [3.05, 3.63) is 36.3 Å². The van der Waals surface area contributed by atoms with Crippen molar-refractivity contribution < 1.29 is 4.42 Å². The lowest BCUT2D eigenvalue weighted by molar-refractivity contribution is 0.254. The summed E-state index contributed by atoms with van der Waals surface area (Å²) < 4.78 is 5.81. The van der Waals surface area contributed by atoms with Gasteiger partial charge < -0.3 is 20.0 Å². The molecule has 1 saturated heterocycles. The number of piperazine rings is 1. The molecule has 0 amide bonds. The lowest BCUT2D eigenvalue weighted by Crippen LogP contribution is -2.47. The minimum atomic E-state index is -0.0369. The number of hydrogen-bond donors (Lipinski definition) is 2. The van der Waals surface area contributed by atoms with Crippen molar-refractivity contribution in [1.82, 2.24) is 30.5 Å². The number of guanidine groups is 1. The average molecular weight is 415 g/mol. The molecule has 0 aromatic carbocycles. The second-order valence-corrected chi connectivity index (χ2v) is 8.45. The third kappa shape index (κ3) is 6.41. The number of aromatic nitrogens is 3. The van der Waals surface area contributed by atoms with Crippen LogP contribution in [0.4, 0.5) is 5.95 Å². The fourth-order valence-corrected chi connectivity index (χ4v) is 3.25. The van der Waals surface area contributed by atoms with Crippen LogP contribution in [0.1, 0.15) is 38.8 Å². The van der Waals surface area contributed by atoms with Gasteiger partial charge in [0.15, 0.2) is 5.96 Å². The summed E-state index contributed by atoms with van der Waals surface area (Å²) in [6.45, 7) is 12.8. The van der Waals surface area contributed by atoms with Gasteiger partial charge in [-0.15, -0.1) is 0 Å². The highest BCUT2D eigenvalue weighted by Crippen LogP contribution is 2.22. The van der Waals surface area contributed by atoms with Crippen molar-refractivity contribution in [3.8, 4) is 0 Å². The highest BCUT2D eigenvalue weighted by Gasteiger charge is 2.19. The van der Waals surface area contributed by atoms with E-state index in [4.69, 9.17) is 4.42 Å². The molecule has 2 N–H and O–H groups in total. The Labute approximate surface area is 179 Å². The molecule has 1 aliphatic heterocycles. The van der Waals surface area contributed by atoms with Crippen LogP contribution in [0.2, 0.25) is 0 Å². The maximum Gasteiger partial charge on any atom is 0.225 e. The molecule has 164 valence electrons. The first-order chi connectivity index (χ1) is 14.5. The number of anilines is 1. The maximum absolute atomic E-state index is 5.81. The van der Waals surface area contributed by atoms with Gasteiger partial charge in [-0.05, 0) is 19.0 Å². The molecule has 30 heavy (non-hydrogen) atoms. The quantitative estimate of drug-likeness (QED) is 0.401. The van der Waals surface area contributed by atoms with Crippen LogP contribution in [0.3, 0.4) is 0 Å². The van der Waals surface area contributed by atoms with Crippen LogP contribution >= 0.6 is 0 Å². The minimum Gasteiger partial charge on any atom is -0.443 e. The van der Waals surface area contributed by atoms with E-state index in [0.717, 1.165) is 63.4 Å². The first-order valence-corrected chi connectivity index (χ1v) is 10.6. The van der Waals surface area contributed by atoms with E-state index in [-0.39, 0.29) is 5.41 Å². The van der Waals surface area contributed by atoms with Crippen LogP contribution in [0.5, 0.6) is 0 Å². The molecule has 3 rings (SSSR count). The maximum atomic E-state index is 5.81. The topological polar surface area (TPSA) is 94.7 Å². The molecular formula is C21H34N8O. The molecule has 0 aliphatic carbocycles. The van der Waals surface area contributed by atoms with Gasteiger partial charge in [-0.25, -0.2) is 15.0 Å². The zero-order valence-electron chi connectivity index (χ0n) is 18.6. The van der Waals surface area contributed by atoms with Crippen molar-refractivity contribution >= 4 is 11.9 Å². The summed E-state index contributed by atoms with van der Waals surface area (Å²) in [5.41, 5.74) is -0.0369. The Balaban J connectivity index is 1.31. The van der Waals surface area contributed by atoms with Gasteiger partial charge in [-0.2, -0.15) is 0 Å². The Hall–Kier alpha value is -2.68. The fourth-order valence-electron chi connectivity index (χ4n) is 3.25. The average Bonchev–Trinajstić information content (AvgIpc) is 3.24. The Morgan fingerprint density at radius 3 is 2.47 bits per heavy atom. The molecule has 1 fully saturated rings. The highest BCUT2D eigenvalue weighted by atomic mass is 16.4. The van der Waals surface area contributed by atoms with Crippen molar-refractivity contribution in [2.45, 2.75) is 39.2 Å². The first kappa shape index (κ1) is 22.0. The first-order valence-electron chi connectivity index (χ1n) is 10.6. The van der Waals surface area contributed by atoms with Crippen LogP contribution in [0.15, 0.2) is 34.1 Å². The van der Waals surface area contributed by atoms with Crippen molar-refractivity contribution in [2.24, 2.45) is 4.99 Å². The van der Waals surface area contributed by atoms with E-state index in [1.165, 1.54) is 0 Å². The molecule has 1 aliphatic rings. The molecule has 9 nitrogen and oxygen atoms in total. The van der Waals surface area contributed by atoms with Gasteiger partial charge in [0.25, 0.3) is 0 Å². The van der Waals surface area contributed by atoms with Gasteiger partial charge in [0.05, 0.1) is 12.7 Å². The SMILES string of the molecule is CN=C(NCCCN1CCN(c2ncccn2)CC1)NCc1ncc(C(C)(C)C)o1. The molecule has 0 atom stereocenters. The van der Waals surface area contributed by atoms with E-state index in [0.29, 0.717) is 12.4 Å². The summed E-state index contributed by atoms with van der Waals surface area (Å²) >= 11 is 0. The third-order valence-electron chi connectivity index (χ3n) is 5.07. The van der Waals surface area contributed by atoms with E-state index in [1.807, 2.05) is 6.07 Å². The van der Waals surface area contributed by atoms with Crippen molar-refractivity contribution in [1.29, 1.82) is 0 Å². The van der Waals surface area contributed by atoms with E-state index >= 15 is 0 Å². The minimum absolute atomic E-state index is 0.0369. The summed E-state index contributed by atoms with van der Waals surface area (Å²) in [6.07, 6.45) is 6.45. The van der Waals surface area contributed by atoms with Crippen LogP contribution in [0, 0.1) is 0 Å². The monoisotopic (exact) mass is 414 g/mol. The molecule has 0 radical (unpaired) electrons. The lowest BCUT2D eigenvalue weighted by atomic mass is 9.94. The fraction of sp³-hybridized carbons (Fsp3) is 0.619. The van der Waals surface area contributed by atoms with E-state index in [1.54, 1.807) is 25.6 Å². The summed E-state index contributed by atoms with van der Waals surface area (Å²) in [5.74, 6) is 3.15. The Kier molecular flexibility index (Phi) is 7.62. The summed E-state index contributed by atoms with van der Waals surface area (Å²) in [5, 5.41) is 6.62. The van der Waals surface area contributed by atoms with Gasteiger partial charge in [-0.1, -0.05) is 20.8 Å². The van der Waals surface area contributed by atoms with Gasteiger partial charge in [0.1, 0.15) is 5.76 Å². The van der Waals surface area contributed by atoms with Crippen LogP contribution in [-0.4, -0.2) is 72.1 Å². The lowest BCUT2D eigenvalue weighted by Gasteiger charge is -2.34. The van der Waals surface area contributed by atoms with Crippen LogP contribution in [0.25, 0.3) is 0 Å². The Morgan fingerprint density at radius 2 is 1.83 bits per heavy atom. The van der Waals surface area contributed by atoms with Crippen LogP contribution < -0.4 is 15.5 Å². The number of hydrogen-bond acceptors (Lipinski definition) is 7. The summed E-state index contributed by atoms with van der Waals surface area (Å²) in [6, 6.07) is 1.85. The second kappa shape index (κ2) is 10.4. The molecule has 2 aromatic rings. The Bertz CT molecular complexity index is 791. The van der Waals surface area contributed by atoms with Gasteiger partial charge in [0.2, 0.25) is 11.8 Å². The van der Waals surface area contributed by atoms with Crippen molar-refractivity contribution in [2.75, 3.05) is 51.2 Å². The molecule has 9 heteroatoms. The molecular weight excluding hydrogens is 380 g/mol. The predicted octanol–water partition coefficient (Wildman–Crippen LogP) is 1.64. The van der Waals surface area contributed by atoms with E-state index in [2.05, 4.69) is 61.1 Å². The summed E-state index contributed by atoms with van der Waals surface area (Å²) in [4.78, 5) is 22.0.